The number of hydrogen-bond acceptors (Lipinski definition) is 3. The maximum absolute atomic E-state index is 10.4. The SMILES string of the molecule is O=C(O)CN(CCO)CC1CC1. The van der Waals surface area contributed by atoms with Gasteiger partial charge in [-0.2, -0.15) is 0 Å². The average Bonchev–Trinajstić information content (AvgIpc) is 2.70. The molecule has 0 heterocycles. The van der Waals surface area contributed by atoms with E-state index in [1.165, 1.54) is 12.8 Å². The zero-order chi connectivity index (χ0) is 8.97. The van der Waals surface area contributed by atoms with Crippen LogP contribution in [0.4, 0.5) is 0 Å². The van der Waals surface area contributed by atoms with E-state index in [2.05, 4.69) is 0 Å². The van der Waals surface area contributed by atoms with E-state index in [9.17, 15) is 4.79 Å². The molecule has 12 heavy (non-hydrogen) atoms. The monoisotopic (exact) mass is 173 g/mol. The summed E-state index contributed by atoms with van der Waals surface area (Å²) in [6, 6.07) is 0. The molecule has 0 atom stereocenters. The first-order chi connectivity index (χ1) is 5.72. The van der Waals surface area contributed by atoms with Crippen LogP contribution in [0, 0.1) is 5.92 Å². The molecule has 0 aromatic heterocycles. The molecule has 1 aliphatic carbocycles. The summed E-state index contributed by atoms with van der Waals surface area (Å²) in [5.74, 6) is -0.139. The summed E-state index contributed by atoms with van der Waals surface area (Å²) < 4.78 is 0. The molecule has 4 nitrogen and oxygen atoms in total. The first-order valence-corrected chi connectivity index (χ1v) is 4.27. The van der Waals surface area contributed by atoms with Crippen molar-refractivity contribution < 1.29 is 15.0 Å². The van der Waals surface area contributed by atoms with Gasteiger partial charge >= 0.3 is 5.97 Å². The number of carbonyl (C=O) groups is 1. The number of hydrogen-bond donors (Lipinski definition) is 2. The maximum atomic E-state index is 10.4. The highest BCUT2D eigenvalue weighted by atomic mass is 16.4. The van der Waals surface area contributed by atoms with Crippen LogP contribution in [0.5, 0.6) is 0 Å². The first-order valence-electron chi connectivity index (χ1n) is 4.27. The Kier molecular flexibility index (Phi) is 3.49. The summed E-state index contributed by atoms with van der Waals surface area (Å²) in [5.41, 5.74) is 0. The molecule has 1 aliphatic rings. The molecular weight excluding hydrogens is 158 g/mol. The molecule has 0 unspecified atom stereocenters. The molecule has 0 radical (unpaired) electrons. The van der Waals surface area contributed by atoms with E-state index >= 15 is 0 Å². The Labute approximate surface area is 71.8 Å². The summed E-state index contributed by atoms with van der Waals surface area (Å²) in [6.07, 6.45) is 2.42. The highest BCUT2D eigenvalue weighted by Gasteiger charge is 2.24. The Bertz CT molecular complexity index is 156. The third kappa shape index (κ3) is 3.69. The van der Waals surface area contributed by atoms with E-state index in [1.54, 1.807) is 4.90 Å². The van der Waals surface area contributed by atoms with Crippen molar-refractivity contribution in [2.75, 3.05) is 26.2 Å². The van der Waals surface area contributed by atoms with Crippen molar-refractivity contribution in [3.05, 3.63) is 0 Å². The van der Waals surface area contributed by atoms with Crippen LogP contribution >= 0.6 is 0 Å². The van der Waals surface area contributed by atoms with Crippen molar-refractivity contribution in [1.82, 2.24) is 4.90 Å². The van der Waals surface area contributed by atoms with Gasteiger partial charge in [-0.15, -0.1) is 0 Å². The highest BCUT2D eigenvalue weighted by Crippen LogP contribution is 2.29. The fourth-order valence-corrected chi connectivity index (χ4v) is 1.23. The Hall–Kier alpha value is -0.610. The molecule has 1 saturated carbocycles. The van der Waals surface area contributed by atoms with Crippen molar-refractivity contribution in [3.63, 3.8) is 0 Å². The molecule has 70 valence electrons. The molecule has 1 fully saturated rings. The second-order valence-corrected chi connectivity index (χ2v) is 3.30. The van der Waals surface area contributed by atoms with Crippen molar-refractivity contribution >= 4 is 5.97 Å². The van der Waals surface area contributed by atoms with E-state index < -0.39 is 5.97 Å². The molecule has 2 N–H and O–H groups in total. The average molecular weight is 173 g/mol. The minimum atomic E-state index is -0.816. The molecular formula is C8H15NO3. The fourth-order valence-electron chi connectivity index (χ4n) is 1.23. The second-order valence-electron chi connectivity index (χ2n) is 3.30. The molecule has 0 spiro atoms. The van der Waals surface area contributed by atoms with E-state index in [4.69, 9.17) is 10.2 Å². The summed E-state index contributed by atoms with van der Waals surface area (Å²) >= 11 is 0. The third-order valence-electron chi connectivity index (χ3n) is 1.99. The summed E-state index contributed by atoms with van der Waals surface area (Å²) in [4.78, 5) is 12.2. The first kappa shape index (κ1) is 9.48. The molecule has 0 aromatic carbocycles. The lowest BCUT2D eigenvalue weighted by Gasteiger charge is -2.18. The van der Waals surface area contributed by atoms with Gasteiger partial charge in [-0.1, -0.05) is 0 Å². The number of nitrogens with zero attached hydrogens (tertiary/aromatic N) is 1. The van der Waals surface area contributed by atoms with Gasteiger partial charge in [0.25, 0.3) is 0 Å². The van der Waals surface area contributed by atoms with Crippen molar-refractivity contribution in [3.8, 4) is 0 Å². The number of carboxylic acid groups (broad SMARTS) is 1. The van der Waals surface area contributed by atoms with Crippen LogP contribution in [0.15, 0.2) is 0 Å². The molecule has 0 aliphatic heterocycles. The normalized spacial score (nSPS) is 16.8. The Morgan fingerprint density at radius 2 is 2.17 bits per heavy atom. The standard InChI is InChI=1S/C8H15NO3/c10-4-3-9(6-8(11)12)5-7-1-2-7/h7,10H,1-6H2,(H,11,12). The van der Waals surface area contributed by atoms with Crippen LogP contribution < -0.4 is 0 Å². The van der Waals surface area contributed by atoms with Gasteiger partial charge in [0.15, 0.2) is 0 Å². The minimum Gasteiger partial charge on any atom is -0.480 e. The molecule has 0 bridgehead atoms. The van der Waals surface area contributed by atoms with Gasteiger partial charge in [-0.3, -0.25) is 9.69 Å². The van der Waals surface area contributed by atoms with Gasteiger partial charge in [0.2, 0.25) is 0 Å². The molecule has 0 saturated heterocycles. The largest absolute Gasteiger partial charge is 0.480 e. The predicted octanol–water partition coefficient (Wildman–Crippen LogP) is -0.225. The predicted molar refractivity (Wildman–Crippen MR) is 43.9 cm³/mol. The van der Waals surface area contributed by atoms with Crippen LogP contribution in [-0.2, 0) is 4.79 Å². The fraction of sp³-hybridized carbons (Fsp3) is 0.875. The van der Waals surface area contributed by atoms with Gasteiger partial charge in [0.05, 0.1) is 13.2 Å². The third-order valence-corrected chi connectivity index (χ3v) is 1.99. The van der Waals surface area contributed by atoms with Gasteiger partial charge in [0.1, 0.15) is 0 Å². The van der Waals surface area contributed by atoms with E-state index in [-0.39, 0.29) is 13.2 Å². The number of carboxylic acids is 1. The Morgan fingerprint density at radius 1 is 1.50 bits per heavy atom. The number of rotatable bonds is 6. The van der Waals surface area contributed by atoms with Crippen molar-refractivity contribution in [2.24, 2.45) is 5.92 Å². The number of aliphatic hydroxyl groups is 1. The highest BCUT2D eigenvalue weighted by molar-refractivity contribution is 5.69. The quantitative estimate of drug-likeness (QED) is 0.582. The van der Waals surface area contributed by atoms with E-state index in [1.807, 2.05) is 0 Å². The number of aliphatic hydroxyl groups excluding tert-OH is 1. The lowest BCUT2D eigenvalue weighted by Crippen LogP contribution is -2.33. The summed E-state index contributed by atoms with van der Waals surface area (Å²) in [7, 11) is 0. The molecule has 0 aromatic rings. The van der Waals surface area contributed by atoms with E-state index in [0.29, 0.717) is 12.5 Å². The lowest BCUT2D eigenvalue weighted by atomic mass is 10.3. The van der Waals surface area contributed by atoms with Gasteiger partial charge in [-0.05, 0) is 18.8 Å². The molecule has 0 amide bonds. The molecule has 4 heteroatoms. The summed E-state index contributed by atoms with van der Waals surface area (Å²) in [5, 5.41) is 17.2. The van der Waals surface area contributed by atoms with Gasteiger partial charge in [-0.25, -0.2) is 0 Å². The number of aliphatic carboxylic acids is 1. The van der Waals surface area contributed by atoms with Gasteiger partial charge < -0.3 is 10.2 Å². The van der Waals surface area contributed by atoms with Crippen LogP contribution in [-0.4, -0.2) is 47.3 Å². The minimum absolute atomic E-state index is 0.0417. The topological polar surface area (TPSA) is 60.8 Å². The van der Waals surface area contributed by atoms with Crippen molar-refractivity contribution in [1.29, 1.82) is 0 Å². The zero-order valence-electron chi connectivity index (χ0n) is 7.07. The van der Waals surface area contributed by atoms with Crippen LogP contribution in [0.1, 0.15) is 12.8 Å². The second kappa shape index (κ2) is 4.42. The Balaban J connectivity index is 2.20. The van der Waals surface area contributed by atoms with Crippen LogP contribution in [0.25, 0.3) is 0 Å². The van der Waals surface area contributed by atoms with Crippen molar-refractivity contribution in [2.45, 2.75) is 12.8 Å². The summed E-state index contributed by atoms with van der Waals surface area (Å²) in [6.45, 7) is 1.40. The maximum Gasteiger partial charge on any atom is 0.317 e. The zero-order valence-corrected chi connectivity index (χ0v) is 7.07. The van der Waals surface area contributed by atoms with Crippen LogP contribution in [0.2, 0.25) is 0 Å². The van der Waals surface area contributed by atoms with E-state index in [0.717, 1.165) is 6.54 Å². The lowest BCUT2D eigenvalue weighted by molar-refractivity contribution is -0.138. The Morgan fingerprint density at radius 3 is 2.58 bits per heavy atom. The van der Waals surface area contributed by atoms with Gasteiger partial charge in [0, 0.05) is 13.1 Å². The smallest absolute Gasteiger partial charge is 0.317 e. The van der Waals surface area contributed by atoms with Crippen LogP contribution in [0.3, 0.4) is 0 Å². The molecule has 1 rings (SSSR count).